The largest absolute Gasteiger partial charge is 0.478 e. The lowest BCUT2D eigenvalue weighted by Crippen LogP contribution is -2.15. The predicted octanol–water partition coefficient (Wildman–Crippen LogP) is 4.22. The van der Waals surface area contributed by atoms with Crippen LogP contribution >= 0.6 is 11.6 Å². The maximum absolute atomic E-state index is 13.1. The molecule has 6 heteroatoms. The SMILES string of the molecule is C/C(=C\c1cccc(F)c1)C(=O)Nc1cc(Cl)ccc1C(=O)O. The van der Waals surface area contributed by atoms with Gasteiger partial charge in [-0.3, -0.25) is 4.79 Å². The smallest absolute Gasteiger partial charge is 0.337 e. The van der Waals surface area contributed by atoms with Crippen LogP contribution in [0, 0.1) is 5.82 Å². The number of carbonyl (C=O) groups is 2. The van der Waals surface area contributed by atoms with Crippen LogP contribution in [0.25, 0.3) is 6.08 Å². The summed E-state index contributed by atoms with van der Waals surface area (Å²) in [6.45, 7) is 1.55. The van der Waals surface area contributed by atoms with Gasteiger partial charge in [-0.25, -0.2) is 9.18 Å². The van der Waals surface area contributed by atoms with E-state index in [9.17, 15) is 14.0 Å². The summed E-state index contributed by atoms with van der Waals surface area (Å²) in [4.78, 5) is 23.3. The molecule has 0 spiro atoms. The molecule has 0 saturated heterocycles. The molecule has 2 aromatic carbocycles. The summed E-state index contributed by atoms with van der Waals surface area (Å²) < 4.78 is 13.1. The number of halogens is 2. The minimum Gasteiger partial charge on any atom is -0.478 e. The first-order valence-electron chi connectivity index (χ1n) is 6.65. The summed E-state index contributed by atoms with van der Waals surface area (Å²) in [5.74, 6) is -2.09. The summed E-state index contributed by atoms with van der Waals surface area (Å²) in [6.07, 6.45) is 1.50. The third kappa shape index (κ3) is 4.40. The number of aromatic carboxylic acids is 1. The van der Waals surface area contributed by atoms with E-state index < -0.39 is 17.7 Å². The highest BCUT2D eigenvalue weighted by atomic mass is 35.5. The molecule has 118 valence electrons. The van der Waals surface area contributed by atoms with Crippen LogP contribution in [0.1, 0.15) is 22.8 Å². The summed E-state index contributed by atoms with van der Waals surface area (Å²) in [7, 11) is 0. The van der Waals surface area contributed by atoms with E-state index in [1.165, 1.54) is 42.5 Å². The lowest BCUT2D eigenvalue weighted by molar-refractivity contribution is -0.112. The van der Waals surface area contributed by atoms with E-state index in [1.54, 1.807) is 13.0 Å². The molecule has 2 N–H and O–H groups in total. The van der Waals surface area contributed by atoms with Crippen molar-refractivity contribution in [1.82, 2.24) is 0 Å². The molecular formula is C17H13ClFNO3. The van der Waals surface area contributed by atoms with Crippen molar-refractivity contribution in [2.75, 3.05) is 5.32 Å². The average molecular weight is 334 g/mol. The van der Waals surface area contributed by atoms with E-state index in [0.29, 0.717) is 16.2 Å². The quantitative estimate of drug-likeness (QED) is 0.823. The van der Waals surface area contributed by atoms with Crippen LogP contribution in [0.2, 0.25) is 5.02 Å². The van der Waals surface area contributed by atoms with Crippen LogP contribution in [-0.4, -0.2) is 17.0 Å². The normalized spacial score (nSPS) is 11.2. The molecule has 0 bridgehead atoms. The Morgan fingerprint density at radius 2 is 1.96 bits per heavy atom. The van der Waals surface area contributed by atoms with E-state index in [-0.39, 0.29) is 11.3 Å². The Bertz CT molecular complexity index is 802. The Labute approximate surface area is 137 Å². The Kier molecular flexibility index (Phi) is 5.13. The fourth-order valence-corrected chi connectivity index (χ4v) is 2.11. The first-order chi connectivity index (χ1) is 10.9. The molecule has 0 unspecified atom stereocenters. The second-order valence-electron chi connectivity index (χ2n) is 4.83. The zero-order valence-corrected chi connectivity index (χ0v) is 12.9. The molecule has 0 heterocycles. The number of benzene rings is 2. The van der Waals surface area contributed by atoms with E-state index in [2.05, 4.69) is 5.32 Å². The highest BCUT2D eigenvalue weighted by Crippen LogP contribution is 2.22. The number of nitrogens with one attached hydrogen (secondary N) is 1. The summed E-state index contributed by atoms with van der Waals surface area (Å²) in [5, 5.41) is 11.9. The molecule has 23 heavy (non-hydrogen) atoms. The fraction of sp³-hybridized carbons (Fsp3) is 0.0588. The second-order valence-corrected chi connectivity index (χ2v) is 5.27. The molecule has 0 aromatic heterocycles. The number of anilines is 1. The Morgan fingerprint density at radius 1 is 1.22 bits per heavy atom. The van der Waals surface area contributed by atoms with E-state index in [4.69, 9.17) is 16.7 Å². The van der Waals surface area contributed by atoms with Crippen molar-refractivity contribution in [2.24, 2.45) is 0 Å². The summed E-state index contributed by atoms with van der Waals surface area (Å²) >= 11 is 5.83. The zero-order valence-electron chi connectivity index (χ0n) is 12.1. The third-order valence-corrected chi connectivity index (χ3v) is 3.29. The van der Waals surface area contributed by atoms with Crippen LogP contribution in [-0.2, 0) is 4.79 Å². The van der Waals surface area contributed by atoms with Gasteiger partial charge in [0, 0.05) is 10.6 Å². The molecule has 0 aliphatic heterocycles. The van der Waals surface area contributed by atoms with Gasteiger partial charge in [-0.05, 0) is 48.9 Å². The van der Waals surface area contributed by atoms with Crippen LogP contribution in [0.4, 0.5) is 10.1 Å². The molecular weight excluding hydrogens is 321 g/mol. The Morgan fingerprint density at radius 3 is 2.61 bits per heavy atom. The predicted molar refractivity (Wildman–Crippen MR) is 87.1 cm³/mol. The number of carboxylic acids is 1. The Hall–Kier alpha value is -2.66. The van der Waals surface area contributed by atoms with Gasteiger partial charge in [0.05, 0.1) is 11.3 Å². The monoisotopic (exact) mass is 333 g/mol. The van der Waals surface area contributed by atoms with Gasteiger partial charge in [-0.15, -0.1) is 0 Å². The van der Waals surface area contributed by atoms with E-state index >= 15 is 0 Å². The third-order valence-electron chi connectivity index (χ3n) is 3.05. The highest BCUT2D eigenvalue weighted by molar-refractivity contribution is 6.31. The lowest BCUT2D eigenvalue weighted by Gasteiger charge is -2.09. The number of carbonyl (C=O) groups excluding carboxylic acids is 1. The lowest BCUT2D eigenvalue weighted by atomic mass is 10.1. The number of hydrogen-bond donors (Lipinski definition) is 2. The molecule has 0 fully saturated rings. The molecule has 0 atom stereocenters. The first-order valence-corrected chi connectivity index (χ1v) is 7.02. The molecule has 0 aliphatic rings. The number of carboxylic acid groups (broad SMARTS) is 1. The molecule has 0 radical (unpaired) electrons. The van der Waals surface area contributed by atoms with Gasteiger partial charge >= 0.3 is 5.97 Å². The average Bonchev–Trinajstić information content (AvgIpc) is 2.46. The van der Waals surface area contributed by atoms with Crippen LogP contribution in [0.3, 0.4) is 0 Å². The van der Waals surface area contributed by atoms with Gasteiger partial charge in [-0.1, -0.05) is 23.7 Å². The van der Waals surface area contributed by atoms with Gasteiger partial charge < -0.3 is 10.4 Å². The minimum atomic E-state index is -1.18. The first kappa shape index (κ1) is 16.7. The fourth-order valence-electron chi connectivity index (χ4n) is 1.94. The maximum Gasteiger partial charge on any atom is 0.337 e. The molecule has 0 aliphatic carbocycles. The zero-order chi connectivity index (χ0) is 17.0. The van der Waals surface area contributed by atoms with Gasteiger partial charge in [0.15, 0.2) is 0 Å². The number of amides is 1. The van der Waals surface area contributed by atoms with Crippen molar-refractivity contribution >= 4 is 35.2 Å². The molecule has 0 saturated carbocycles. The topological polar surface area (TPSA) is 66.4 Å². The van der Waals surface area contributed by atoms with Gasteiger partial charge in [-0.2, -0.15) is 0 Å². The second kappa shape index (κ2) is 7.07. The Balaban J connectivity index is 2.25. The minimum absolute atomic E-state index is 0.0682. The van der Waals surface area contributed by atoms with Crippen molar-refractivity contribution in [2.45, 2.75) is 6.92 Å². The highest BCUT2D eigenvalue weighted by Gasteiger charge is 2.14. The van der Waals surface area contributed by atoms with E-state index in [0.717, 1.165) is 0 Å². The van der Waals surface area contributed by atoms with Crippen molar-refractivity contribution in [3.63, 3.8) is 0 Å². The van der Waals surface area contributed by atoms with Gasteiger partial charge in [0.1, 0.15) is 5.82 Å². The van der Waals surface area contributed by atoms with Crippen LogP contribution < -0.4 is 5.32 Å². The van der Waals surface area contributed by atoms with Gasteiger partial charge in [0.25, 0.3) is 5.91 Å². The molecule has 4 nitrogen and oxygen atoms in total. The van der Waals surface area contributed by atoms with Crippen LogP contribution in [0.5, 0.6) is 0 Å². The van der Waals surface area contributed by atoms with Crippen molar-refractivity contribution in [3.8, 4) is 0 Å². The standard InChI is InChI=1S/C17H13ClFNO3/c1-10(7-11-3-2-4-13(19)8-11)16(21)20-15-9-12(18)5-6-14(15)17(22)23/h2-9H,1H3,(H,20,21)(H,22,23)/b10-7+. The summed E-state index contributed by atoms with van der Waals surface area (Å²) in [5.41, 5.74) is 0.859. The molecule has 2 aromatic rings. The van der Waals surface area contributed by atoms with Crippen LogP contribution in [0.15, 0.2) is 48.0 Å². The molecule has 2 rings (SSSR count). The van der Waals surface area contributed by atoms with Gasteiger partial charge in [0.2, 0.25) is 0 Å². The maximum atomic E-state index is 13.1. The number of rotatable bonds is 4. The van der Waals surface area contributed by atoms with Crippen molar-refractivity contribution in [3.05, 3.63) is 70.0 Å². The number of hydrogen-bond acceptors (Lipinski definition) is 2. The molecule has 1 amide bonds. The van der Waals surface area contributed by atoms with E-state index in [1.807, 2.05) is 0 Å². The summed E-state index contributed by atoms with van der Waals surface area (Å²) in [6, 6.07) is 9.88. The van der Waals surface area contributed by atoms with Crippen molar-refractivity contribution in [1.29, 1.82) is 0 Å². The van der Waals surface area contributed by atoms with Crippen molar-refractivity contribution < 1.29 is 19.1 Å².